The molecule has 0 radical (unpaired) electrons. The molecule has 3 heterocycles. The molecule has 26 heavy (non-hydrogen) atoms. The monoisotopic (exact) mass is 372 g/mol. The molecular formula is C19H24N4O2S. The molecule has 0 unspecified atom stereocenters. The summed E-state index contributed by atoms with van der Waals surface area (Å²) in [5.41, 5.74) is 2.87. The Labute approximate surface area is 157 Å². The predicted octanol–water partition coefficient (Wildman–Crippen LogP) is 3.00. The van der Waals surface area contributed by atoms with Crippen molar-refractivity contribution in [2.45, 2.75) is 25.8 Å². The van der Waals surface area contributed by atoms with Crippen molar-refractivity contribution in [2.75, 3.05) is 31.6 Å². The van der Waals surface area contributed by atoms with Crippen LogP contribution in [-0.2, 0) is 17.7 Å². The summed E-state index contributed by atoms with van der Waals surface area (Å²) in [5, 5.41) is 10.6. The van der Waals surface area contributed by atoms with Crippen LogP contribution in [0.4, 0.5) is 10.5 Å². The van der Waals surface area contributed by atoms with Crippen LogP contribution >= 0.6 is 11.3 Å². The largest absolute Gasteiger partial charge is 0.449 e. The molecule has 1 amide bonds. The maximum Gasteiger partial charge on any atom is 0.411 e. The average Bonchev–Trinajstić information content (AvgIpc) is 3.12. The van der Waals surface area contributed by atoms with Crippen molar-refractivity contribution in [2.24, 2.45) is 5.92 Å². The molecule has 0 bridgehead atoms. The van der Waals surface area contributed by atoms with Crippen LogP contribution < -0.4 is 16.0 Å². The van der Waals surface area contributed by atoms with E-state index in [1.165, 1.54) is 10.6 Å². The quantitative estimate of drug-likeness (QED) is 0.769. The number of aromatic nitrogens is 1. The van der Waals surface area contributed by atoms with E-state index in [-0.39, 0.29) is 6.09 Å². The van der Waals surface area contributed by atoms with E-state index in [0.29, 0.717) is 12.5 Å². The molecule has 2 aromatic rings. The number of fused-ring (bicyclic) bond motifs is 1. The summed E-state index contributed by atoms with van der Waals surface area (Å²) in [6, 6.07) is 7.79. The Bertz CT molecular complexity index is 747. The van der Waals surface area contributed by atoms with Crippen LogP contribution in [0.1, 0.15) is 23.4 Å². The highest BCUT2D eigenvalue weighted by atomic mass is 32.1. The third kappa shape index (κ3) is 4.06. The van der Waals surface area contributed by atoms with Gasteiger partial charge in [-0.25, -0.2) is 9.78 Å². The zero-order valence-electron chi connectivity index (χ0n) is 14.7. The molecule has 1 aromatic heterocycles. The number of hydrogen-bond acceptors (Lipinski definition) is 6. The van der Waals surface area contributed by atoms with E-state index in [1.807, 2.05) is 24.3 Å². The molecule has 1 saturated heterocycles. The van der Waals surface area contributed by atoms with E-state index >= 15 is 0 Å². The average molecular weight is 372 g/mol. The topological polar surface area (TPSA) is 75.3 Å². The van der Waals surface area contributed by atoms with Crippen molar-refractivity contribution in [3.8, 4) is 10.6 Å². The van der Waals surface area contributed by atoms with Crippen molar-refractivity contribution in [1.82, 2.24) is 15.6 Å². The summed E-state index contributed by atoms with van der Waals surface area (Å²) in [6.45, 7) is 4.33. The summed E-state index contributed by atoms with van der Waals surface area (Å²) >= 11 is 1.69. The number of benzene rings is 1. The van der Waals surface area contributed by atoms with Gasteiger partial charge in [-0.15, -0.1) is 11.3 Å². The number of nitrogens with one attached hydrogen (secondary N) is 3. The number of ether oxygens (including phenoxy) is 1. The van der Waals surface area contributed by atoms with E-state index in [2.05, 4.69) is 16.0 Å². The number of carbonyl (C=O) groups is 1. The summed E-state index contributed by atoms with van der Waals surface area (Å²) < 4.78 is 5.45. The van der Waals surface area contributed by atoms with E-state index < -0.39 is 0 Å². The van der Waals surface area contributed by atoms with Gasteiger partial charge >= 0.3 is 6.09 Å². The highest BCUT2D eigenvalue weighted by Gasteiger charge is 2.19. The van der Waals surface area contributed by atoms with E-state index in [1.54, 1.807) is 11.3 Å². The first-order chi connectivity index (χ1) is 12.8. The lowest BCUT2D eigenvalue weighted by Gasteiger charge is -2.22. The first-order valence-corrected chi connectivity index (χ1v) is 10.0. The molecule has 2 aliphatic rings. The summed E-state index contributed by atoms with van der Waals surface area (Å²) in [7, 11) is 0. The van der Waals surface area contributed by atoms with Gasteiger partial charge in [0.1, 0.15) is 5.01 Å². The summed E-state index contributed by atoms with van der Waals surface area (Å²) in [4.78, 5) is 18.3. The minimum atomic E-state index is -0.390. The van der Waals surface area contributed by atoms with Crippen LogP contribution in [0.25, 0.3) is 10.6 Å². The Morgan fingerprint density at radius 3 is 2.92 bits per heavy atom. The first kappa shape index (κ1) is 17.5. The number of anilines is 1. The van der Waals surface area contributed by atoms with Crippen molar-refractivity contribution in [3.63, 3.8) is 0 Å². The number of carbonyl (C=O) groups excluding carboxylic acids is 1. The van der Waals surface area contributed by atoms with Gasteiger partial charge in [-0.1, -0.05) is 12.1 Å². The van der Waals surface area contributed by atoms with Gasteiger partial charge in [0.05, 0.1) is 18.0 Å². The maximum atomic E-state index is 12.3. The molecule has 3 N–H and O–H groups in total. The van der Waals surface area contributed by atoms with Crippen molar-refractivity contribution >= 4 is 23.1 Å². The standard InChI is InChI=1S/C19H24N4O2S/c24-19(25-12-13-5-8-20-9-6-13)23-15-4-2-1-3-14(15)18-22-16-7-10-21-11-17(16)26-18/h1-4,13,20-21H,5-12H2,(H,23,24). The minimum Gasteiger partial charge on any atom is -0.449 e. The van der Waals surface area contributed by atoms with Crippen molar-refractivity contribution < 1.29 is 9.53 Å². The van der Waals surface area contributed by atoms with E-state index in [4.69, 9.17) is 9.72 Å². The second-order valence-corrected chi connectivity index (χ2v) is 7.86. The fourth-order valence-electron chi connectivity index (χ4n) is 3.41. The molecule has 0 aliphatic carbocycles. The Kier molecular flexibility index (Phi) is 5.48. The maximum absolute atomic E-state index is 12.3. The molecule has 1 fully saturated rings. The first-order valence-electron chi connectivity index (χ1n) is 9.23. The fraction of sp³-hybridized carbons (Fsp3) is 0.474. The Balaban J connectivity index is 1.43. The van der Waals surface area contributed by atoms with Gasteiger partial charge in [0.25, 0.3) is 0 Å². The lowest BCUT2D eigenvalue weighted by molar-refractivity contribution is 0.131. The Morgan fingerprint density at radius 1 is 1.23 bits per heavy atom. The molecule has 6 nitrogen and oxygen atoms in total. The fourth-order valence-corrected chi connectivity index (χ4v) is 4.52. The lowest BCUT2D eigenvalue weighted by Crippen LogP contribution is -2.31. The molecule has 0 spiro atoms. The predicted molar refractivity (Wildman–Crippen MR) is 104 cm³/mol. The van der Waals surface area contributed by atoms with E-state index in [9.17, 15) is 4.79 Å². The Hall–Kier alpha value is -1.96. The lowest BCUT2D eigenvalue weighted by atomic mass is 9.99. The molecule has 4 rings (SSSR count). The minimum absolute atomic E-state index is 0.390. The van der Waals surface area contributed by atoms with Crippen LogP contribution in [-0.4, -0.2) is 37.3 Å². The normalized spacial score (nSPS) is 17.5. The third-order valence-electron chi connectivity index (χ3n) is 4.91. The van der Waals surface area contributed by atoms with Gasteiger partial charge in [0.2, 0.25) is 0 Å². The van der Waals surface area contributed by atoms with Crippen LogP contribution in [0.15, 0.2) is 24.3 Å². The number of nitrogens with zero attached hydrogens (tertiary/aromatic N) is 1. The molecule has 1 aromatic carbocycles. The number of piperidine rings is 1. The van der Waals surface area contributed by atoms with Crippen LogP contribution in [0.5, 0.6) is 0 Å². The van der Waals surface area contributed by atoms with Crippen LogP contribution in [0, 0.1) is 5.92 Å². The molecule has 7 heteroatoms. The third-order valence-corrected chi connectivity index (χ3v) is 6.04. The van der Waals surface area contributed by atoms with Gasteiger partial charge in [-0.2, -0.15) is 0 Å². The van der Waals surface area contributed by atoms with Crippen molar-refractivity contribution in [1.29, 1.82) is 0 Å². The zero-order valence-corrected chi connectivity index (χ0v) is 15.5. The number of thiazole rings is 1. The van der Waals surface area contributed by atoms with Crippen LogP contribution in [0.3, 0.4) is 0 Å². The van der Waals surface area contributed by atoms with Gasteiger partial charge in [0.15, 0.2) is 0 Å². The molecule has 0 saturated carbocycles. The summed E-state index contributed by atoms with van der Waals surface area (Å²) in [5.74, 6) is 0.454. The number of rotatable bonds is 4. The second-order valence-electron chi connectivity index (χ2n) is 6.78. The summed E-state index contributed by atoms with van der Waals surface area (Å²) in [6.07, 6.45) is 2.68. The molecule has 0 atom stereocenters. The number of hydrogen-bond donors (Lipinski definition) is 3. The highest BCUT2D eigenvalue weighted by Crippen LogP contribution is 2.34. The Morgan fingerprint density at radius 2 is 2.08 bits per heavy atom. The second kappa shape index (κ2) is 8.16. The number of amides is 1. The van der Waals surface area contributed by atoms with Gasteiger partial charge in [-0.05, 0) is 44.0 Å². The van der Waals surface area contributed by atoms with Gasteiger partial charge in [0, 0.05) is 30.0 Å². The highest BCUT2D eigenvalue weighted by molar-refractivity contribution is 7.15. The smallest absolute Gasteiger partial charge is 0.411 e. The van der Waals surface area contributed by atoms with E-state index in [0.717, 1.165) is 61.7 Å². The molecular weight excluding hydrogens is 348 g/mol. The van der Waals surface area contributed by atoms with Crippen molar-refractivity contribution in [3.05, 3.63) is 34.8 Å². The van der Waals surface area contributed by atoms with Gasteiger partial charge in [-0.3, -0.25) is 5.32 Å². The van der Waals surface area contributed by atoms with Gasteiger partial charge < -0.3 is 15.4 Å². The molecule has 2 aliphatic heterocycles. The van der Waals surface area contributed by atoms with Crippen LogP contribution in [0.2, 0.25) is 0 Å². The SMILES string of the molecule is O=C(Nc1ccccc1-c1nc2c(s1)CNCC2)OCC1CCNCC1. The number of para-hydroxylation sites is 1. The zero-order chi connectivity index (χ0) is 17.8. The molecule has 138 valence electrons.